The van der Waals surface area contributed by atoms with Crippen molar-refractivity contribution < 1.29 is 0 Å². The van der Waals surface area contributed by atoms with E-state index in [0.29, 0.717) is 0 Å². The molecule has 0 amide bonds. The van der Waals surface area contributed by atoms with Gasteiger partial charge in [0, 0.05) is 29.3 Å². The molecule has 6 aromatic rings. The van der Waals surface area contributed by atoms with E-state index in [1.807, 2.05) is 18.2 Å². The molecule has 40 heavy (non-hydrogen) atoms. The van der Waals surface area contributed by atoms with Crippen molar-refractivity contribution in [3.05, 3.63) is 146 Å². The molecule has 4 nitrogen and oxygen atoms in total. The maximum absolute atomic E-state index is 4.36. The van der Waals surface area contributed by atoms with E-state index in [0.717, 1.165) is 41.6 Å². The van der Waals surface area contributed by atoms with Crippen LogP contribution >= 0.6 is 0 Å². The quantitative estimate of drug-likeness (QED) is 0.268. The third kappa shape index (κ3) is 5.82. The number of nitrogens with one attached hydrogen (secondary N) is 1. The van der Waals surface area contributed by atoms with E-state index in [-0.39, 0.29) is 0 Å². The number of rotatable bonds is 8. The summed E-state index contributed by atoms with van der Waals surface area (Å²) >= 11 is 0. The molecule has 0 unspecified atom stereocenters. The molecule has 0 saturated carbocycles. The third-order valence-corrected chi connectivity index (χ3v) is 6.87. The van der Waals surface area contributed by atoms with Crippen LogP contribution in [0.5, 0.6) is 0 Å². The summed E-state index contributed by atoms with van der Waals surface area (Å²) in [5.74, 6) is 0.720. The second-order valence-electron chi connectivity index (χ2n) is 9.78. The Kier molecular flexibility index (Phi) is 7.40. The summed E-state index contributed by atoms with van der Waals surface area (Å²) in [6.45, 7) is 0. The molecule has 0 atom stereocenters. The van der Waals surface area contributed by atoms with Crippen LogP contribution in [0, 0.1) is 0 Å². The van der Waals surface area contributed by atoms with Crippen LogP contribution in [0.2, 0.25) is 0 Å². The molecule has 5 aromatic carbocycles. The maximum Gasteiger partial charge on any atom is 0.275 e. The van der Waals surface area contributed by atoms with Gasteiger partial charge >= 0.3 is 0 Å². The van der Waals surface area contributed by atoms with Crippen LogP contribution < -0.4 is 21.1 Å². The van der Waals surface area contributed by atoms with E-state index in [2.05, 4.69) is 143 Å². The predicted octanol–water partition coefficient (Wildman–Crippen LogP) is 5.63. The topological polar surface area (TPSA) is 41.0 Å². The van der Waals surface area contributed by atoms with E-state index in [4.69, 9.17) is 0 Å². The molecule has 190 valence electrons. The SMILES string of the molecule is Bc1cccc(-c2cccc(BN(c3ccccc3)c3ccccc3Nc3ccc(-c4ncccn4)cc3)c2)c1. The van der Waals surface area contributed by atoms with Gasteiger partial charge in [0.1, 0.15) is 7.85 Å². The Morgan fingerprint density at radius 1 is 0.600 bits per heavy atom. The molecule has 1 aromatic heterocycles. The summed E-state index contributed by atoms with van der Waals surface area (Å²) in [4.78, 5) is 11.1. The molecule has 6 heteroatoms. The summed E-state index contributed by atoms with van der Waals surface area (Å²) in [5, 5.41) is 3.65. The average molecular weight is 514 g/mol. The van der Waals surface area contributed by atoms with Gasteiger partial charge in [0.25, 0.3) is 7.41 Å². The zero-order valence-corrected chi connectivity index (χ0v) is 22.4. The van der Waals surface area contributed by atoms with Crippen LogP contribution in [0.15, 0.2) is 146 Å². The minimum absolute atomic E-state index is 0.720. The summed E-state index contributed by atoms with van der Waals surface area (Å²) < 4.78 is 0. The molecule has 0 aliphatic heterocycles. The van der Waals surface area contributed by atoms with Gasteiger partial charge in [0.2, 0.25) is 0 Å². The van der Waals surface area contributed by atoms with Gasteiger partial charge in [-0.25, -0.2) is 9.97 Å². The van der Waals surface area contributed by atoms with Crippen molar-refractivity contribution in [3.8, 4) is 22.5 Å². The Morgan fingerprint density at radius 3 is 2.08 bits per heavy atom. The molecule has 0 aliphatic rings. The molecule has 1 heterocycles. The largest absolute Gasteiger partial charge is 0.383 e. The number of anilines is 4. The first kappa shape index (κ1) is 25.2. The fourth-order valence-corrected chi connectivity index (χ4v) is 4.90. The van der Waals surface area contributed by atoms with Crippen LogP contribution in [0.3, 0.4) is 0 Å². The minimum Gasteiger partial charge on any atom is -0.383 e. The molecule has 6 rings (SSSR count). The highest BCUT2D eigenvalue weighted by Crippen LogP contribution is 2.33. The van der Waals surface area contributed by atoms with Gasteiger partial charge in [-0.3, -0.25) is 0 Å². The van der Waals surface area contributed by atoms with Gasteiger partial charge in [0.05, 0.1) is 11.4 Å². The summed E-state index contributed by atoms with van der Waals surface area (Å²) in [6, 6.07) is 46.6. The minimum atomic E-state index is 0.720. The zero-order chi connectivity index (χ0) is 27.1. The second-order valence-corrected chi connectivity index (χ2v) is 9.78. The molecule has 0 radical (unpaired) electrons. The van der Waals surface area contributed by atoms with Crippen molar-refractivity contribution in [1.82, 2.24) is 9.97 Å². The van der Waals surface area contributed by atoms with Crippen molar-refractivity contribution in [2.24, 2.45) is 0 Å². The molecule has 1 N–H and O–H groups in total. The smallest absolute Gasteiger partial charge is 0.275 e. The number of hydrogen-bond donors (Lipinski definition) is 1. The standard InChI is InChI=1S/C34H28B2N4/c35-28-11-6-9-26(23-28)27-10-7-12-29(24-27)36-40(31-13-2-1-3-14-31)33-16-5-4-15-32(33)39-30-19-17-25(18-20-30)34-37-21-8-22-38-34/h1-24,36,39H,35H2. The van der Waals surface area contributed by atoms with Crippen molar-refractivity contribution in [1.29, 1.82) is 0 Å². The van der Waals surface area contributed by atoms with E-state index >= 15 is 0 Å². The molecule has 0 spiro atoms. The highest BCUT2D eigenvalue weighted by Gasteiger charge is 2.16. The predicted molar refractivity (Wildman–Crippen MR) is 173 cm³/mol. The highest BCUT2D eigenvalue weighted by molar-refractivity contribution is 6.59. The fraction of sp³-hybridized carbons (Fsp3) is 0. The lowest BCUT2D eigenvalue weighted by Gasteiger charge is -2.28. The first-order valence-corrected chi connectivity index (χ1v) is 13.4. The van der Waals surface area contributed by atoms with Gasteiger partial charge in [-0.15, -0.1) is 0 Å². The zero-order valence-electron chi connectivity index (χ0n) is 22.4. The summed E-state index contributed by atoms with van der Waals surface area (Å²) in [7, 11) is 2.87. The maximum atomic E-state index is 4.36. The number of para-hydroxylation sites is 3. The number of aromatic nitrogens is 2. The number of nitrogens with zero attached hydrogens (tertiary/aromatic N) is 3. The lowest BCUT2D eigenvalue weighted by molar-refractivity contribution is 1.18. The van der Waals surface area contributed by atoms with Crippen molar-refractivity contribution in [3.63, 3.8) is 0 Å². The number of benzene rings is 5. The fourth-order valence-electron chi connectivity index (χ4n) is 4.90. The van der Waals surface area contributed by atoms with E-state index < -0.39 is 0 Å². The third-order valence-electron chi connectivity index (χ3n) is 6.87. The van der Waals surface area contributed by atoms with Gasteiger partial charge < -0.3 is 10.1 Å². The van der Waals surface area contributed by atoms with Gasteiger partial charge in [-0.05, 0) is 65.7 Å². The molecule has 0 aliphatic carbocycles. The average Bonchev–Trinajstić information content (AvgIpc) is 3.02. The Bertz CT molecular complexity index is 1710. The van der Waals surface area contributed by atoms with Crippen LogP contribution in [-0.4, -0.2) is 25.2 Å². The van der Waals surface area contributed by atoms with Crippen LogP contribution in [0.25, 0.3) is 22.5 Å². The van der Waals surface area contributed by atoms with Gasteiger partial charge in [-0.1, -0.05) is 89.8 Å². The molecular formula is C34H28B2N4. The molecule has 0 fully saturated rings. The molecular weight excluding hydrogens is 486 g/mol. The van der Waals surface area contributed by atoms with Gasteiger partial charge in [-0.2, -0.15) is 0 Å². The van der Waals surface area contributed by atoms with E-state index in [9.17, 15) is 0 Å². The summed E-state index contributed by atoms with van der Waals surface area (Å²) in [6.07, 6.45) is 3.53. The lowest BCUT2D eigenvalue weighted by Crippen LogP contribution is -2.32. The molecule has 0 bridgehead atoms. The molecule has 0 saturated heterocycles. The Hall–Kier alpha value is -5.09. The highest BCUT2D eigenvalue weighted by atomic mass is 15.1. The van der Waals surface area contributed by atoms with E-state index in [1.165, 1.54) is 22.1 Å². The Morgan fingerprint density at radius 2 is 1.30 bits per heavy atom. The lowest BCUT2D eigenvalue weighted by atomic mass is 9.77. The van der Waals surface area contributed by atoms with Crippen LogP contribution in [0.1, 0.15) is 0 Å². The normalized spacial score (nSPS) is 10.6. The second kappa shape index (κ2) is 11.7. The first-order valence-electron chi connectivity index (χ1n) is 13.4. The number of hydrogen-bond acceptors (Lipinski definition) is 4. The van der Waals surface area contributed by atoms with E-state index in [1.54, 1.807) is 12.4 Å². The van der Waals surface area contributed by atoms with Crippen molar-refractivity contribution in [2.45, 2.75) is 0 Å². The Labute approximate surface area is 237 Å². The summed E-state index contributed by atoms with van der Waals surface area (Å²) in [5.41, 5.74) is 10.2. The first-order chi connectivity index (χ1) is 19.7. The Balaban J connectivity index is 1.32. The monoisotopic (exact) mass is 514 g/mol. The van der Waals surface area contributed by atoms with Crippen LogP contribution in [0.4, 0.5) is 22.7 Å². The van der Waals surface area contributed by atoms with Gasteiger partial charge in [0.15, 0.2) is 5.82 Å². The van der Waals surface area contributed by atoms with Crippen molar-refractivity contribution >= 4 is 48.9 Å². The van der Waals surface area contributed by atoms with Crippen molar-refractivity contribution in [2.75, 3.05) is 10.1 Å². The van der Waals surface area contributed by atoms with Crippen LogP contribution in [-0.2, 0) is 0 Å².